The van der Waals surface area contributed by atoms with Crippen LogP contribution >= 0.6 is 0 Å². The lowest BCUT2D eigenvalue weighted by Crippen LogP contribution is -2.41. The number of aryl methyl sites for hydroxylation is 2. The molecule has 1 aromatic rings. The smallest absolute Gasteiger partial charge is 0.194 e. The van der Waals surface area contributed by atoms with Crippen molar-refractivity contribution < 1.29 is 0 Å². The number of nitrogens with one attached hydrogen (secondary N) is 1. The Bertz CT molecular complexity index is 382. The fourth-order valence-corrected chi connectivity index (χ4v) is 1.16. The Morgan fingerprint density at radius 1 is 1.36 bits per heavy atom. The summed E-state index contributed by atoms with van der Waals surface area (Å²) in [6, 6.07) is 0. The van der Waals surface area contributed by atoms with Crippen LogP contribution < -0.4 is 5.43 Å². The maximum Gasteiger partial charge on any atom is 0.194 e. The summed E-state index contributed by atoms with van der Waals surface area (Å²) < 4.78 is 1.94. The first kappa shape index (κ1) is 8.74. The highest BCUT2D eigenvalue weighted by atomic mass is 15.6. The van der Waals surface area contributed by atoms with Crippen LogP contribution in [0.1, 0.15) is 11.5 Å². The summed E-state index contributed by atoms with van der Waals surface area (Å²) in [6.07, 6.45) is 3.51. The number of hydrazine groups is 1. The van der Waals surface area contributed by atoms with Gasteiger partial charge in [0, 0.05) is 20.3 Å². The fourth-order valence-electron chi connectivity index (χ4n) is 1.16. The van der Waals surface area contributed by atoms with E-state index in [9.17, 15) is 0 Å². The average molecular weight is 192 g/mol. The molecule has 0 saturated heterocycles. The predicted octanol–water partition coefficient (Wildman–Crippen LogP) is -0.132. The molecule has 0 unspecified atom stereocenters. The second kappa shape index (κ2) is 3.13. The van der Waals surface area contributed by atoms with Gasteiger partial charge in [0.25, 0.3) is 0 Å². The molecule has 1 N–H and O–H groups in total. The van der Waals surface area contributed by atoms with Gasteiger partial charge in [-0.25, -0.2) is 4.98 Å². The molecule has 0 atom stereocenters. The van der Waals surface area contributed by atoms with Gasteiger partial charge in [-0.1, -0.05) is 0 Å². The number of rotatable bonds is 1. The monoisotopic (exact) mass is 192 g/mol. The molecule has 0 radical (unpaired) electrons. The van der Waals surface area contributed by atoms with Crippen molar-refractivity contribution in [2.75, 3.05) is 7.05 Å². The highest BCUT2D eigenvalue weighted by Gasteiger charge is 2.11. The van der Waals surface area contributed by atoms with E-state index in [0.717, 1.165) is 11.5 Å². The largest absolute Gasteiger partial charge is 0.337 e. The second-order valence-electron chi connectivity index (χ2n) is 3.19. The van der Waals surface area contributed by atoms with Crippen molar-refractivity contribution >= 4 is 12.2 Å². The number of aromatic nitrogens is 2. The van der Waals surface area contributed by atoms with Crippen molar-refractivity contribution in [3.05, 3.63) is 17.7 Å². The van der Waals surface area contributed by atoms with E-state index in [1.807, 2.05) is 31.8 Å². The quantitative estimate of drug-likeness (QED) is 0.674. The van der Waals surface area contributed by atoms with Crippen molar-refractivity contribution in [2.24, 2.45) is 17.3 Å². The van der Waals surface area contributed by atoms with Crippen molar-refractivity contribution in [2.45, 2.75) is 6.92 Å². The molecule has 2 heterocycles. The summed E-state index contributed by atoms with van der Waals surface area (Å²) in [4.78, 5) is 4.34. The van der Waals surface area contributed by atoms with E-state index in [1.165, 1.54) is 0 Å². The zero-order valence-electron chi connectivity index (χ0n) is 8.39. The zero-order valence-corrected chi connectivity index (χ0v) is 8.39. The Morgan fingerprint density at radius 2 is 2.14 bits per heavy atom. The number of imidazole rings is 1. The summed E-state index contributed by atoms with van der Waals surface area (Å²) in [7, 11) is 3.80. The normalized spacial score (nSPS) is 15.4. The number of nitrogens with zero attached hydrogens (tertiary/aromatic N) is 5. The van der Waals surface area contributed by atoms with Gasteiger partial charge in [0.15, 0.2) is 5.84 Å². The first-order valence-corrected chi connectivity index (χ1v) is 4.28. The van der Waals surface area contributed by atoms with Gasteiger partial charge in [0.05, 0.1) is 0 Å². The number of amidine groups is 1. The molecule has 14 heavy (non-hydrogen) atoms. The van der Waals surface area contributed by atoms with Crippen molar-refractivity contribution in [1.82, 2.24) is 20.0 Å². The van der Waals surface area contributed by atoms with Gasteiger partial charge < -0.3 is 4.57 Å². The van der Waals surface area contributed by atoms with E-state index in [-0.39, 0.29) is 0 Å². The first-order chi connectivity index (χ1) is 6.66. The van der Waals surface area contributed by atoms with Gasteiger partial charge in [-0.3, -0.25) is 10.4 Å². The summed E-state index contributed by atoms with van der Waals surface area (Å²) in [5, 5.41) is 9.52. The van der Waals surface area contributed by atoms with Gasteiger partial charge >= 0.3 is 0 Å². The molecule has 74 valence electrons. The fraction of sp³-hybridized carbons (Fsp3) is 0.375. The van der Waals surface area contributed by atoms with Crippen LogP contribution in [0.3, 0.4) is 0 Å². The number of hydrogen-bond donors (Lipinski definition) is 1. The third-order valence-electron chi connectivity index (χ3n) is 2.02. The third kappa shape index (κ3) is 1.46. The molecule has 6 heteroatoms. The van der Waals surface area contributed by atoms with E-state index in [2.05, 4.69) is 20.6 Å². The molecule has 2 rings (SSSR count). The van der Waals surface area contributed by atoms with Crippen LogP contribution in [-0.4, -0.2) is 33.8 Å². The zero-order chi connectivity index (χ0) is 10.1. The Morgan fingerprint density at radius 3 is 2.71 bits per heavy atom. The van der Waals surface area contributed by atoms with Crippen LogP contribution in [0, 0.1) is 6.92 Å². The molecule has 0 aliphatic carbocycles. The molecular weight excluding hydrogens is 180 g/mol. The summed E-state index contributed by atoms with van der Waals surface area (Å²) in [5.41, 5.74) is 3.83. The second-order valence-corrected chi connectivity index (χ2v) is 3.19. The SMILES string of the molecule is Cc1nc(C2=NN=CN(C)N2)cn1C. The predicted molar refractivity (Wildman–Crippen MR) is 53.9 cm³/mol. The maximum absolute atomic E-state index is 4.34. The molecule has 0 spiro atoms. The summed E-state index contributed by atoms with van der Waals surface area (Å²) in [5.74, 6) is 1.61. The highest BCUT2D eigenvalue weighted by molar-refractivity contribution is 5.98. The van der Waals surface area contributed by atoms with Crippen LogP contribution in [0.4, 0.5) is 0 Å². The van der Waals surface area contributed by atoms with E-state index in [4.69, 9.17) is 0 Å². The van der Waals surface area contributed by atoms with E-state index in [0.29, 0.717) is 5.84 Å². The van der Waals surface area contributed by atoms with E-state index < -0.39 is 0 Å². The molecule has 6 nitrogen and oxygen atoms in total. The molecule has 1 aliphatic rings. The molecule has 0 aromatic carbocycles. The summed E-state index contributed by atoms with van der Waals surface area (Å²) in [6.45, 7) is 1.94. The lowest BCUT2D eigenvalue weighted by molar-refractivity contribution is 0.460. The Kier molecular flexibility index (Phi) is 1.95. The van der Waals surface area contributed by atoms with E-state index >= 15 is 0 Å². The van der Waals surface area contributed by atoms with Gasteiger partial charge in [-0.2, -0.15) is 0 Å². The van der Waals surface area contributed by atoms with Gasteiger partial charge in [-0.15, -0.1) is 10.2 Å². The minimum atomic E-state index is 0.665. The van der Waals surface area contributed by atoms with Crippen molar-refractivity contribution in [1.29, 1.82) is 0 Å². The van der Waals surface area contributed by atoms with Gasteiger partial charge in [0.2, 0.25) is 0 Å². The van der Waals surface area contributed by atoms with Crippen molar-refractivity contribution in [3.63, 3.8) is 0 Å². The average Bonchev–Trinajstić information content (AvgIpc) is 2.47. The molecule has 0 fully saturated rings. The molecule has 1 aromatic heterocycles. The van der Waals surface area contributed by atoms with Crippen LogP contribution in [0.2, 0.25) is 0 Å². The van der Waals surface area contributed by atoms with Crippen LogP contribution in [0.15, 0.2) is 16.4 Å². The Balaban J connectivity index is 2.31. The Hall–Kier alpha value is -1.85. The molecule has 0 bridgehead atoms. The third-order valence-corrected chi connectivity index (χ3v) is 2.02. The molecule has 0 saturated carbocycles. The lowest BCUT2D eigenvalue weighted by atomic mass is 10.4. The minimum Gasteiger partial charge on any atom is -0.337 e. The minimum absolute atomic E-state index is 0.665. The topological polar surface area (TPSA) is 57.8 Å². The van der Waals surface area contributed by atoms with Crippen LogP contribution in [0.25, 0.3) is 0 Å². The molecule has 0 amide bonds. The molecular formula is C8H12N6. The van der Waals surface area contributed by atoms with Gasteiger partial charge in [-0.05, 0) is 6.92 Å². The number of hydrogen-bond acceptors (Lipinski definition) is 5. The maximum atomic E-state index is 4.34. The molecule has 1 aliphatic heterocycles. The van der Waals surface area contributed by atoms with Crippen LogP contribution in [-0.2, 0) is 7.05 Å². The van der Waals surface area contributed by atoms with Crippen LogP contribution in [0.5, 0.6) is 0 Å². The Labute approximate surface area is 81.9 Å². The first-order valence-electron chi connectivity index (χ1n) is 4.28. The van der Waals surface area contributed by atoms with E-state index in [1.54, 1.807) is 11.3 Å². The summed E-state index contributed by atoms with van der Waals surface area (Å²) >= 11 is 0. The van der Waals surface area contributed by atoms with Crippen molar-refractivity contribution in [3.8, 4) is 0 Å². The van der Waals surface area contributed by atoms with Gasteiger partial charge in [0.1, 0.15) is 17.9 Å². The highest BCUT2D eigenvalue weighted by Crippen LogP contribution is 2.02. The lowest BCUT2D eigenvalue weighted by Gasteiger charge is -2.18. The standard InChI is InChI=1S/C8H12N6/c1-6-10-7(4-13(6)2)8-11-9-5-14(3)12-8/h4-5H,1-3H3,(H,11,12).